The number of benzene rings is 2. The fourth-order valence-electron chi connectivity index (χ4n) is 7.82. The highest BCUT2D eigenvalue weighted by molar-refractivity contribution is 7.23. The maximum atomic E-state index is 17.3. The molecule has 304 valence electrons. The van der Waals surface area contributed by atoms with Gasteiger partial charge in [0, 0.05) is 62.6 Å². The van der Waals surface area contributed by atoms with Gasteiger partial charge < -0.3 is 19.3 Å². The Balaban J connectivity index is 1.28. The topological polar surface area (TPSA) is 137 Å². The van der Waals surface area contributed by atoms with Gasteiger partial charge in [-0.15, -0.1) is 11.3 Å². The van der Waals surface area contributed by atoms with E-state index in [1.165, 1.54) is 17.0 Å². The molecule has 0 spiro atoms. The van der Waals surface area contributed by atoms with Crippen LogP contribution in [0, 0.1) is 23.0 Å². The van der Waals surface area contributed by atoms with Crippen molar-refractivity contribution in [3.63, 3.8) is 0 Å². The van der Waals surface area contributed by atoms with Crippen molar-refractivity contribution in [2.45, 2.75) is 70.2 Å². The molecule has 3 aromatic heterocycles. The molecule has 17 heteroatoms. The molecule has 12 nitrogen and oxygen atoms in total. The van der Waals surface area contributed by atoms with Crippen LogP contribution in [0.3, 0.4) is 0 Å². The van der Waals surface area contributed by atoms with E-state index in [9.17, 15) is 19.2 Å². The predicted octanol–water partition coefficient (Wildman–Crippen LogP) is 8.89. The fourth-order valence-corrected chi connectivity index (χ4v) is 9.18. The van der Waals surface area contributed by atoms with E-state index in [0.717, 1.165) is 36.8 Å². The summed E-state index contributed by atoms with van der Waals surface area (Å²) in [6.07, 6.45) is 3.92. The molecule has 58 heavy (non-hydrogen) atoms. The number of amides is 2. The second-order valence-corrected chi connectivity index (χ2v) is 17.1. The highest BCUT2D eigenvalue weighted by Crippen LogP contribution is 2.47. The van der Waals surface area contributed by atoms with Crippen LogP contribution in [0.5, 0.6) is 6.01 Å². The normalized spacial score (nSPS) is 18.0. The average molecular weight is 835 g/mol. The van der Waals surface area contributed by atoms with Crippen molar-refractivity contribution in [1.82, 2.24) is 19.9 Å². The zero-order valence-corrected chi connectivity index (χ0v) is 34.2. The van der Waals surface area contributed by atoms with Crippen LogP contribution in [0.25, 0.3) is 32.1 Å². The lowest BCUT2D eigenvalue weighted by Crippen LogP contribution is -2.43. The largest absolute Gasteiger partial charge is 0.461 e. The van der Waals surface area contributed by atoms with Gasteiger partial charge in [-0.2, -0.15) is 15.2 Å². The third-order valence-electron chi connectivity index (χ3n) is 10.5. The Labute approximate surface area is 342 Å². The van der Waals surface area contributed by atoms with Gasteiger partial charge in [0.15, 0.2) is 5.82 Å². The van der Waals surface area contributed by atoms with Crippen molar-refractivity contribution in [3.8, 4) is 23.2 Å². The highest BCUT2D eigenvalue weighted by Gasteiger charge is 2.49. The molecule has 1 N–H and O–H groups in total. The number of halogens is 4. The Bertz CT molecular complexity index is 2440. The first-order valence-electron chi connectivity index (χ1n) is 18.8. The summed E-state index contributed by atoms with van der Waals surface area (Å²) in [5.74, 6) is -1.42. The second kappa shape index (κ2) is 16.2. The summed E-state index contributed by atoms with van der Waals surface area (Å²) in [4.78, 5) is 44.5. The van der Waals surface area contributed by atoms with Gasteiger partial charge in [-0.05, 0) is 76.4 Å². The molecule has 2 amide bonds. The van der Waals surface area contributed by atoms with Crippen LogP contribution in [0.15, 0.2) is 42.7 Å². The number of pyridine rings is 1. The number of ether oxygens (including phenoxy) is 2. The summed E-state index contributed by atoms with van der Waals surface area (Å²) in [6, 6.07) is 9.40. The van der Waals surface area contributed by atoms with Gasteiger partial charge in [-0.25, -0.2) is 18.0 Å². The van der Waals surface area contributed by atoms with Gasteiger partial charge in [-0.3, -0.25) is 20.0 Å². The quantitative estimate of drug-likeness (QED) is 0.137. The maximum absolute atomic E-state index is 17.3. The van der Waals surface area contributed by atoms with E-state index in [0.29, 0.717) is 31.6 Å². The van der Waals surface area contributed by atoms with E-state index in [2.05, 4.69) is 20.2 Å². The van der Waals surface area contributed by atoms with E-state index < -0.39 is 35.0 Å². The molecule has 0 radical (unpaired) electrons. The zero-order valence-electron chi connectivity index (χ0n) is 32.7. The van der Waals surface area contributed by atoms with E-state index in [4.69, 9.17) is 26.1 Å². The Kier molecular flexibility index (Phi) is 11.4. The van der Waals surface area contributed by atoms with E-state index >= 15 is 8.78 Å². The summed E-state index contributed by atoms with van der Waals surface area (Å²) in [6.45, 7) is 6.51. The number of fused-ring (bicyclic) bond motifs is 3. The summed E-state index contributed by atoms with van der Waals surface area (Å²) >= 11 is 7.72. The standard InChI is InChI=1S/C41H42ClF3N8O4S/c1-40(2,3)57-39(55)50-37-27(19-46)31-25(11-12-29(44)35(31)58-37)32-28(42)17-26-34(33(32)45)48-38(56-22-41-13-8-16-53(41)21-23(43)18-41)49-36(26)51(4)15-7-10-30(54)52(5)24-9-6-14-47-20-24/h6,9,11-12,14,17,20,23H,7-8,10,13,15-16,18,21-22H2,1-5H3,(H,50,55)/t23-,41+/m1/s1. The van der Waals surface area contributed by atoms with E-state index in [1.54, 1.807) is 64.3 Å². The van der Waals surface area contributed by atoms with Gasteiger partial charge >= 0.3 is 12.1 Å². The average Bonchev–Trinajstić information content (AvgIpc) is 3.83. The van der Waals surface area contributed by atoms with Crippen LogP contribution in [0.2, 0.25) is 5.02 Å². The molecule has 2 aliphatic rings. The minimum absolute atomic E-state index is 0.00497. The number of carbonyl (C=O) groups is 2. The number of nitrogens with zero attached hydrogens (tertiary/aromatic N) is 7. The smallest absolute Gasteiger partial charge is 0.412 e. The van der Waals surface area contributed by atoms with Gasteiger partial charge in [0.1, 0.15) is 46.6 Å². The molecule has 2 atom stereocenters. The van der Waals surface area contributed by atoms with Crippen LogP contribution in [-0.2, 0) is 9.53 Å². The predicted molar refractivity (Wildman–Crippen MR) is 219 cm³/mol. The third kappa shape index (κ3) is 8.07. The van der Waals surface area contributed by atoms with Crippen LogP contribution in [0.4, 0.5) is 34.5 Å². The first-order valence-corrected chi connectivity index (χ1v) is 20.0. The van der Waals surface area contributed by atoms with Gasteiger partial charge in [0.2, 0.25) is 5.91 Å². The van der Waals surface area contributed by atoms with E-state index in [1.807, 2.05) is 6.07 Å². The lowest BCUT2D eigenvalue weighted by atomic mass is 9.95. The third-order valence-corrected chi connectivity index (χ3v) is 11.9. The number of thiophene rings is 1. The number of aromatic nitrogens is 3. The molecule has 5 heterocycles. The molecule has 0 bridgehead atoms. The molecule has 0 unspecified atom stereocenters. The van der Waals surface area contributed by atoms with Gasteiger partial charge in [0.25, 0.3) is 0 Å². The van der Waals surface area contributed by atoms with Crippen LogP contribution < -0.4 is 19.9 Å². The lowest BCUT2D eigenvalue weighted by Gasteiger charge is -2.31. The SMILES string of the molecule is CN(CCCC(=O)N(C)c1cccnc1)c1nc(OC[C@@]23CCCN2C[C@H](F)C3)nc2c(F)c(-c3ccc(F)c4sc(NC(=O)OC(C)(C)C)c(C#N)c34)c(Cl)cc12. The number of hydrogen-bond acceptors (Lipinski definition) is 11. The number of nitrogens with one attached hydrogen (secondary N) is 1. The molecular formula is C41H42ClF3N8O4S. The summed E-state index contributed by atoms with van der Waals surface area (Å²) in [5.41, 5.74) is -1.05. The summed E-state index contributed by atoms with van der Waals surface area (Å²) < 4.78 is 58.9. The Morgan fingerprint density at radius 3 is 2.72 bits per heavy atom. The molecule has 2 aromatic carbocycles. The van der Waals surface area contributed by atoms with Crippen molar-refractivity contribution in [2.75, 3.05) is 55.5 Å². The number of nitriles is 1. The zero-order chi connectivity index (χ0) is 41.5. The molecular weight excluding hydrogens is 793 g/mol. The van der Waals surface area contributed by atoms with Crippen molar-refractivity contribution in [2.24, 2.45) is 0 Å². The number of hydrogen-bond donors (Lipinski definition) is 1. The summed E-state index contributed by atoms with van der Waals surface area (Å²) in [7, 11) is 3.42. The number of anilines is 3. The number of rotatable bonds is 11. The first kappa shape index (κ1) is 40.9. The Morgan fingerprint density at radius 1 is 1.21 bits per heavy atom. The first-order chi connectivity index (χ1) is 27.6. The van der Waals surface area contributed by atoms with Gasteiger partial charge in [0.05, 0.1) is 32.7 Å². The maximum Gasteiger partial charge on any atom is 0.412 e. The Morgan fingerprint density at radius 2 is 2.00 bits per heavy atom. The second-order valence-electron chi connectivity index (χ2n) is 15.7. The molecule has 2 saturated heterocycles. The summed E-state index contributed by atoms with van der Waals surface area (Å²) in [5, 5.41) is 13.1. The molecule has 5 aromatic rings. The molecule has 0 saturated carbocycles. The van der Waals surface area contributed by atoms with E-state index in [-0.39, 0.29) is 78.5 Å². The van der Waals surface area contributed by atoms with Crippen molar-refractivity contribution in [1.29, 1.82) is 5.26 Å². The van der Waals surface area contributed by atoms with Crippen LogP contribution in [-0.4, -0.2) is 89.5 Å². The minimum Gasteiger partial charge on any atom is -0.461 e. The van der Waals surface area contributed by atoms with Crippen molar-refractivity contribution in [3.05, 3.63) is 64.9 Å². The van der Waals surface area contributed by atoms with Gasteiger partial charge in [-0.1, -0.05) is 17.7 Å². The number of alkyl halides is 1. The monoisotopic (exact) mass is 834 g/mol. The molecule has 7 rings (SSSR count). The highest BCUT2D eigenvalue weighted by atomic mass is 35.5. The minimum atomic E-state index is -0.993. The van der Waals surface area contributed by atoms with Crippen molar-refractivity contribution < 1.29 is 32.2 Å². The van der Waals surface area contributed by atoms with Crippen LogP contribution in [0.1, 0.15) is 58.4 Å². The lowest BCUT2D eigenvalue weighted by molar-refractivity contribution is -0.118. The van der Waals surface area contributed by atoms with Crippen LogP contribution >= 0.6 is 22.9 Å². The Hall–Kier alpha value is -5.24. The molecule has 2 fully saturated rings. The number of carbonyl (C=O) groups excluding carboxylic acids is 2. The van der Waals surface area contributed by atoms with Crippen molar-refractivity contribution >= 4 is 72.4 Å². The fraction of sp³-hybridized carbons (Fsp3) is 0.415. The molecule has 0 aliphatic carbocycles. The molecule has 2 aliphatic heterocycles.